The van der Waals surface area contributed by atoms with E-state index in [-0.39, 0.29) is 12.4 Å². The van der Waals surface area contributed by atoms with Gasteiger partial charge in [0, 0.05) is 0 Å². The van der Waals surface area contributed by atoms with Crippen LogP contribution in [0.3, 0.4) is 0 Å². The fourth-order valence-corrected chi connectivity index (χ4v) is 2.63. The number of ether oxygens (including phenoxy) is 2. The van der Waals surface area contributed by atoms with Crippen LogP contribution in [-0.4, -0.2) is 61.8 Å². The van der Waals surface area contributed by atoms with Crippen molar-refractivity contribution in [2.45, 2.75) is 31.5 Å². The number of primary amides is 1. The summed E-state index contributed by atoms with van der Waals surface area (Å²) in [6, 6.07) is 6.92. The molecule has 2 heterocycles. The number of esters is 1. The molecule has 0 radical (unpaired) electrons. The molecule has 0 saturated carbocycles. The predicted molar refractivity (Wildman–Crippen MR) is 85.9 cm³/mol. The van der Waals surface area contributed by atoms with E-state index in [0.29, 0.717) is 5.56 Å². The SMILES string of the molecule is Cc1ccccc1C(=O)OCC1OC(n2cnc(C(N)=O)n2)[C@H](O)[C@@H]1O. The van der Waals surface area contributed by atoms with Crippen LogP contribution in [0.15, 0.2) is 30.6 Å². The minimum Gasteiger partial charge on any atom is -0.459 e. The Kier molecular flexibility index (Phi) is 4.98. The maximum Gasteiger partial charge on any atom is 0.338 e. The Hall–Kier alpha value is -2.82. The van der Waals surface area contributed by atoms with Gasteiger partial charge in [0.1, 0.15) is 31.2 Å². The number of aryl methyl sites for hydroxylation is 1. The van der Waals surface area contributed by atoms with E-state index in [9.17, 15) is 19.8 Å². The molecule has 10 heteroatoms. The van der Waals surface area contributed by atoms with Gasteiger partial charge in [0.15, 0.2) is 6.23 Å². The van der Waals surface area contributed by atoms with E-state index < -0.39 is 36.4 Å². The van der Waals surface area contributed by atoms with Crippen molar-refractivity contribution in [2.24, 2.45) is 5.73 Å². The molecule has 2 aromatic rings. The van der Waals surface area contributed by atoms with E-state index in [1.165, 1.54) is 0 Å². The minimum atomic E-state index is -1.35. The summed E-state index contributed by atoms with van der Waals surface area (Å²) in [4.78, 5) is 26.9. The van der Waals surface area contributed by atoms with Gasteiger partial charge in [0.25, 0.3) is 5.91 Å². The van der Waals surface area contributed by atoms with Crippen molar-refractivity contribution in [1.82, 2.24) is 14.8 Å². The normalized spacial score (nSPS) is 25.2. The van der Waals surface area contributed by atoms with Crippen molar-refractivity contribution < 1.29 is 29.3 Å². The molecule has 1 aliphatic rings. The van der Waals surface area contributed by atoms with E-state index >= 15 is 0 Å². The number of carbonyl (C=O) groups is 2. The van der Waals surface area contributed by atoms with Gasteiger partial charge >= 0.3 is 5.97 Å². The van der Waals surface area contributed by atoms with Crippen LogP contribution >= 0.6 is 0 Å². The number of amides is 1. The predicted octanol–water partition coefficient (Wildman–Crippen LogP) is -0.838. The standard InChI is InChI=1S/C16H18N4O6/c1-8-4-2-3-5-9(8)16(24)25-6-10-11(21)12(22)15(26-10)20-7-18-14(19-20)13(17)23/h2-5,7,10-12,15,21-22H,6H2,1H3,(H2,17,23)/t10?,11-,12-,15?/m1/s1. The van der Waals surface area contributed by atoms with Gasteiger partial charge < -0.3 is 25.4 Å². The molecule has 1 amide bonds. The lowest BCUT2D eigenvalue weighted by atomic mass is 10.1. The van der Waals surface area contributed by atoms with Crippen molar-refractivity contribution in [3.8, 4) is 0 Å². The van der Waals surface area contributed by atoms with Crippen molar-refractivity contribution in [3.63, 3.8) is 0 Å². The molecule has 0 spiro atoms. The summed E-state index contributed by atoms with van der Waals surface area (Å²) in [6.45, 7) is 1.51. The number of benzene rings is 1. The van der Waals surface area contributed by atoms with Gasteiger partial charge in [-0.3, -0.25) is 4.79 Å². The number of nitrogens with two attached hydrogens (primary N) is 1. The fourth-order valence-electron chi connectivity index (χ4n) is 2.63. The molecule has 1 aromatic carbocycles. The number of aromatic nitrogens is 3. The van der Waals surface area contributed by atoms with Gasteiger partial charge in [0.2, 0.25) is 5.82 Å². The van der Waals surface area contributed by atoms with Crippen LogP contribution in [0.4, 0.5) is 0 Å². The van der Waals surface area contributed by atoms with Gasteiger partial charge in [0.05, 0.1) is 5.56 Å². The Balaban J connectivity index is 1.65. The second-order valence-electron chi connectivity index (χ2n) is 5.87. The highest BCUT2D eigenvalue weighted by molar-refractivity contribution is 5.91. The molecule has 4 N–H and O–H groups in total. The summed E-state index contributed by atoms with van der Waals surface area (Å²) in [5, 5.41) is 24.1. The molecular weight excluding hydrogens is 344 g/mol. The van der Waals surface area contributed by atoms with Crippen LogP contribution in [0, 0.1) is 6.92 Å². The molecule has 138 valence electrons. The summed E-state index contributed by atoms with van der Waals surface area (Å²) in [5.41, 5.74) is 6.23. The zero-order valence-electron chi connectivity index (χ0n) is 13.8. The average molecular weight is 362 g/mol. The van der Waals surface area contributed by atoms with Gasteiger partial charge in [-0.2, -0.15) is 0 Å². The van der Waals surface area contributed by atoms with Gasteiger partial charge in [-0.15, -0.1) is 5.10 Å². The largest absolute Gasteiger partial charge is 0.459 e. The Bertz CT molecular complexity index is 823. The third-order valence-electron chi connectivity index (χ3n) is 4.07. The molecule has 1 aromatic heterocycles. The highest BCUT2D eigenvalue weighted by Gasteiger charge is 2.45. The molecule has 10 nitrogen and oxygen atoms in total. The second-order valence-corrected chi connectivity index (χ2v) is 5.87. The van der Waals surface area contributed by atoms with E-state index in [1.807, 2.05) is 0 Å². The Labute approximate surface area is 148 Å². The Morgan fingerprint density at radius 1 is 1.31 bits per heavy atom. The Morgan fingerprint density at radius 2 is 2.04 bits per heavy atom. The first-order chi connectivity index (χ1) is 12.4. The highest BCUT2D eigenvalue weighted by Crippen LogP contribution is 2.29. The lowest BCUT2D eigenvalue weighted by molar-refractivity contribution is -0.0632. The van der Waals surface area contributed by atoms with Crippen LogP contribution in [0.1, 0.15) is 32.8 Å². The first-order valence-electron chi connectivity index (χ1n) is 7.83. The van der Waals surface area contributed by atoms with Crippen LogP contribution < -0.4 is 5.73 Å². The maximum atomic E-state index is 12.1. The van der Waals surface area contributed by atoms with Gasteiger partial charge in [-0.05, 0) is 18.6 Å². The molecule has 3 rings (SSSR count). The fraction of sp³-hybridized carbons (Fsp3) is 0.375. The van der Waals surface area contributed by atoms with E-state index in [2.05, 4.69) is 10.1 Å². The molecule has 0 bridgehead atoms. The summed E-state index contributed by atoms with van der Waals surface area (Å²) in [5.74, 6) is -1.64. The first-order valence-corrected chi connectivity index (χ1v) is 7.83. The zero-order chi connectivity index (χ0) is 18.8. The van der Waals surface area contributed by atoms with Crippen molar-refractivity contribution in [2.75, 3.05) is 6.61 Å². The van der Waals surface area contributed by atoms with E-state index in [4.69, 9.17) is 15.2 Å². The lowest BCUT2D eigenvalue weighted by Crippen LogP contribution is -2.34. The topological polar surface area (TPSA) is 150 Å². The third-order valence-corrected chi connectivity index (χ3v) is 4.07. The third kappa shape index (κ3) is 3.43. The lowest BCUT2D eigenvalue weighted by Gasteiger charge is -2.15. The number of hydrogen-bond acceptors (Lipinski definition) is 8. The number of aliphatic hydroxyl groups is 2. The molecule has 26 heavy (non-hydrogen) atoms. The molecule has 4 atom stereocenters. The minimum absolute atomic E-state index is 0.246. The number of carbonyl (C=O) groups excluding carboxylic acids is 2. The summed E-state index contributed by atoms with van der Waals surface area (Å²) in [7, 11) is 0. The maximum absolute atomic E-state index is 12.1. The van der Waals surface area contributed by atoms with E-state index in [1.54, 1.807) is 31.2 Å². The first kappa shape index (κ1) is 18.0. The van der Waals surface area contributed by atoms with Crippen molar-refractivity contribution >= 4 is 11.9 Å². The number of hydrogen-bond donors (Lipinski definition) is 3. The average Bonchev–Trinajstić information content (AvgIpc) is 3.20. The second kappa shape index (κ2) is 7.20. The van der Waals surface area contributed by atoms with Crippen molar-refractivity contribution in [3.05, 3.63) is 47.5 Å². The summed E-state index contributed by atoms with van der Waals surface area (Å²) in [6.07, 6.45) is -3.56. The highest BCUT2D eigenvalue weighted by atomic mass is 16.6. The molecule has 2 unspecified atom stereocenters. The Morgan fingerprint density at radius 3 is 2.69 bits per heavy atom. The van der Waals surface area contributed by atoms with Crippen LogP contribution in [0.2, 0.25) is 0 Å². The smallest absolute Gasteiger partial charge is 0.338 e. The van der Waals surface area contributed by atoms with Gasteiger partial charge in [-0.25, -0.2) is 14.5 Å². The van der Waals surface area contributed by atoms with Crippen molar-refractivity contribution in [1.29, 1.82) is 0 Å². The number of rotatable bonds is 5. The number of aliphatic hydroxyl groups excluding tert-OH is 2. The van der Waals surface area contributed by atoms with Crippen LogP contribution in [-0.2, 0) is 9.47 Å². The quantitative estimate of drug-likeness (QED) is 0.583. The molecule has 1 aliphatic heterocycles. The molecule has 0 aliphatic carbocycles. The molecular formula is C16H18N4O6. The molecule has 1 fully saturated rings. The summed E-state index contributed by atoms with van der Waals surface area (Å²) < 4.78 is 11.8. The number of nitrogens with zero attached hydrogens (tertiary/aromatic N) is 3. The van der Waals surface area contributed by atoms with Crippen LogP contribution in [0.25, 0.3) is 0 Å². The van der Waals surface area contributed by atoms with E-state index in [0.717, 1.165) is 16.6 Å². The summed E-state index contributed by atoms with van der Waals surface area (Å²) >= 11 is 0. The van der Waals surface area contributed by atoms with Crippen LogP contribution in [0.5, 0.6) is 0 Å². The molecule has 1 saturated heterocycles. The zero-order valence-corrected chi connectivity index (χ0v) is 13.8. The monoisotopic (exact) mass is 362 g/mol. The van der Waals surface area contributed by atoms with Gasteiger partial charge in [-0.1, -0.05) is 18.2 Å².